The number of carbonyl (C=O) groups excluding carboxylic acids is 1. The van der Waals surface area contributed by atoms with Crippen molar-refractivity contribution in [2.75, 3.05) is 13.2 Å². The third kappa shape index (κ3) is 3.85. The van der Waals surface area contributed by atoms with Crippen molar-refractivity contribution < 1.29 is 19.4 Å². The van der Waals surface area contributed by atoms with E-state index in [0.717, 1.165) is 11.3 Å². The van der Waals surface area contributed by atoms with E-state index in [1.165, 1.54) is 6.33 Å². The first-order chi connectivity index (χ1) is 12.0. The van der Waals surface area contributed by atoms with Crippen LogP contribution in [-0.4, -0.2) is 50.5 Å². The van der Waals surface area contributed by atoms with Gasteiger partial charge in [-0.1, -0.05) is 0 Å². The summed E-state index contributed by atoms with van der Waals surface area (Å²) in [5.41, 5.74) is 1.33. The van der Waals surface area contributed by atoms with Crippen LogP contribution in [0.1, 0.15) is 35.2 Å². The van der Waals surface area contributed by atoms with E-state index in [1.54, 1.807) is 23.1 Å². The third-order valence-electron chi connectivity index (χ3n) is 4.46. The first-order valence-electron chi connectivity index (χ1n) is 8.07. The minimum absolute atomic E-state index is 0.113. The van der Waals surface area contributed by atoms with Gasteiger partial charge in [-0.2, -0.15) is 5.10 Å². The molecule has 0 bridgehead atoms. The van der Waals surface area contributed by atoms with Crippen LogP contribution in [0.2, 0.25) is 0 Å². The maximum atomic E-state index is 12.7. The molecule has 1 amide bonds. The van der Waals surface area contributed by atoms with Crippen LogP contribution >= 0.6 is 0 Å². The van der Waals surface area contributed by atoms with E-state index in [1.807, 2.05) is 13.0 Å². The first kappa shape index (κ1) is 17.1. The maximum Gasteiger partial charge on any atom is 0.305 e. The predicted octanol–water partition coefficient (Wildman–Crippen LogP) is 1.33. The normalized spacial score (nSPS) is 16.4. The first-order valence-corrected chi connectivity index (χ1v) is 8.07. The highest BCUT2D eigenvalue weighted by Gasteiger charge is 2.36. The van der Waals surface area contributed by atoms with E-state index in [4.69, 9.17) is 4.74 Å². The van der Waals surface area contributed by atoms with Gasteiger partial charge in [0.2, 0.25) is 0 Å². The molecule has 3 rings (SSSR count). The van der Waals surface area contributed by atoms with E-state index < -0.39 is 11.5 Å². The summed E-state index contributed by atoms with van der Waals surface area (Å²) in [6.07, 6.45) is 3.88. The zero-order valence-corrected chi connectivity index (χ0v) is 13.9. The molecule has 0 spiro atoms. The lowest BCUT2D eigenvalue weighted by molar-refractivity contribution is -0.139. The molecular weight excluding hydrogens is 324 g/mol. The van der Waals surface area contributed by atoms with Crippen molar-refractivity contribution in [1.29, 1.82) is 0 Å². The number of aryl methyl sites for hydroxylation is 1. The van der Waals surface area contributed by atoms with E-state index >= 15 is 0 Å². The molecule has 0 saturated carbocycles. The van der Waals surface area contributed by atoms with Gasteiger partial charge in [-0.15, -0.1) is 0 Å². The summed E-state index contributed by atoms with van der Waals surface area (Å²) in [4.78, 5) is 27.9. The number of nitrogens with one attached hydrogen (secondary N) is 1. The van der Waals surface area contributed by atoms with E-state index in [9.17, 15) is 14.7 Å². The highest BCUT2D eigenvalue weighted by atomic mass is 16.5. The SMILES string of the molecule is Cc1cc(-n2cncn2)ccc1C(=O)NC1(CC(=O)O)CCOCC1. The smallest absolute Gasteiger partial charge is 0.305 e. The molecule has 1 fully saturated rings. The molecule has 2 heterocycles. The lowest BCUT2D eigenvalue weighted by Crippen LogP contribution is -2.53. The summed E-state index contributed by atoms with van der Waals surface area (Å²) in [5.74, 6) is -1.20. The van der Waals surface area contributed by atoms with Crippen molar-refractivity contribution in [2.24, 2.45) is 0 Å². The van der Waals surface area contributed by atoms with Gasteiger partial charge in [-0.05, 0) is 43.5 Å². The summed E-state index contributed by atoms with van der Waals surface area (Å²) in [6.45, 7) is 2.72. The van der Waals surface area contributed by atoms with Gasteiger partial charge >= 0.3 is 5.97 Å². The van der Waals surface area contributed by atoms with Gasteiger partial charge in [0.15, 0.2) is 0 Å². The zero-order chi connectivity index (χ0) is 17.9. The number of benzene rings is 1. The second kappa shape index (κ2) is 7.02. The second-order valence-corrected chi connectivity index (χ2v) is 6.26. The zero-order valence-electron chi connectivity index (χ0n) is 13.9. The van der Waals surface area contributed by atoms with Crippen molar-refractivity contribution in [1.82, 2.24) is 20.1 Å². The number of hydrogen-bond acceptors (Lipinski definition) is 5. The number of rotatable bonds is 5. The molecule has 0 aliphatic carbocycles. The molecule has 1 aliphatic rings. The Morgan fingerprint density at radius 1 is 1.36 bits per heavy atom. The van der Waals surface area contributed by atoms with Crippen molar-refractivity contribution >= 4 is 11.9 Å². The second-order valence-electron chi connectivity index (χ2n) is 6.26. The van der Waals surface area contributed by atoms with Crippen LogP contribution < -0.4 is 5.32 Å². The lowest BCUT2D eigenvalue weighted by Gasteiger charge is -2.37. The Kier molecular flexibility index (Phi) is 4.80. The van der Waals surface area contributed by atoms with E-state index in [-0.39, 0.29) is 12.3 Å². The molecule has 1 saturated heterocycles. The van der Waals surface area contributed by atoms with Crippen molar-refractivity contribution in [2.45, 2.75) is 31.7 Å². The highest BCUT2D eigenvalue weighted by molar-refractivity contribution is 5.96. The summed E-state index contributed by atoms with van der Waals surface area (Å²) < 4.78 is 6.92. The molecule has 2 aromatic rings. The van der Waals surface area contributed by atoms with Crippen LogP contribution in [0.25, 0.3) is 5.69 Å². The van der Waals surface area contributed by atoms with Crippen LogP contribution in [0, 0.1) is 6.92 Å². The van der Waals surface area contributed by atoms with Gasteiger partial charge in [0, 0.05) is 18.8 Å². The molecule has 1 aromatic heterocycles. The van der Waals surface area contributed by atoms with Gasteiger partial charge in [0.1, 0.15) is 12.7 Å². The van der Waals surface area contributed by atoms with Gasteiger partial charge in [0.05, 0.1) is 17.6 Å². The number of amides is 1. The molecule has 132 valence electrons. The molecular formula is C17H20N4O4. The molecule has 1 aliphatic heterocycles. The fourth-order valence-corrected chi connectivity index (χ4v) is 3.09. The molecule has 8 heteroatoms. The van der Waals surface area contributed by atoms with E-state index in [0.29, 0.717) is 31.6 Å². The fourth-order valence-electron chi connectivity index (χ4n) is 3.09. The largest absolute Gasteiger partial charge is 0.481 e. The van der Waals surface area contributed by atoms with Gasteiger partial charge < -0.3 is 15.2 Å². The molecule has 2 N–H and O–H groups in total. The Hall–Kier alpha value is -2.74. The molecule has 1 aromatic carbocycles. The van der Waals surface area contributed by atoms with Gasteiger partial charge in [0.25, 0.3) is 5.91 Å². The number of aliphatic carboxylic acids is 1. The quantitative estimate of drug-likeness (QED) is 0.847. The van der Waals surface area contributed by atoms with Crippen LogP contribution in [0.3, 0.4) is 0 Å². The molecule has 0 atom stereocenters. The average Bonchev–Trinajstić information content (AvgIpc) is 3.09. The monoisotopic (exact) mass is 344 g/mol. The minimum Gasteiger partial charge on any atom is -0.481 e. The summed E-state index contributed by atoms with van der Waals surface area (Å²) in [6, 6.07) is 5.34. The maximum absolute atomic E-state index is 12.7. The van der Waals surface area contributed by atoms with E-state index in [2.05, 4.69) is 15.4 Å². The number of carbonyl (C=O) groups is 2. The van der Waals surface area contributed by atoms with Gasteiger partial charge in [-0.3, -0.25) is 9.59 Å². The Morgan fingerprint density at radius 3 is 2.72 bits per heavy atom. The van der Waals surface area contributed by atoms with Crippen molar-refractivity contribution in [3.8, 4) is 5.69 Å². The highest BCUT2D eigenvalue weighted by Crippen LogP contribution is 2.26. The summed E-state index contributed by atoms with van der Waals surface area (Å²) >= 11 is 0. The summed E-state index contributed by atoms with van der Waals surface area (Å²) in [7, 11) is 0. The number of hydrogen-bond donors (Lipinski definition) is 2. The Bertz CT molecular complexity index is 767. The number of carboxylic acids is 1. The van der Waals surface area contributed by atoms with Crippen LogP contribution in [-0.2, 0) is 9.53 Å². The predicted molar refractivity (Wildman–Crippen MR) is 88.6 cm³/mol. The molecule has 0 unspecified atom stereocenters. The van der Waals surface area contributed by atoms with Crippen LogP contribution in [0.15, 0.2) is 30.9 Å². The lowest BCUT2D eigenvalue weighted by atomic mass is 9.86. The standard InChI is InChI=1S/C17H20N4O4/c1-12-8-13(21-11-18-10-19-21)2-3-14(12)16(24)20-17(9-15(22)23)4-6-25-7-5-17/h2-3,8,10-11H,4-7,9H2,1H3,(H,20,24)(H,22,23). The van der Waals surface area contributed by atoms with Crippen molar-refractivity contribution in [3.63, 3.8) is 0 Å². The minimum atomic E-state index is -0.930. The Labute approximate surface area is 144 Å². The number of ether oxygens (including phenoxy) is 1. The number of nitrogens with zero attached hydrogens (tertiary/aromatic N) is 3. The Morgan fingerprint density at radius 2 is 2.12 bits per heavy atom. The number of aromatic nitrogens is 3. The molecule has 25 heavy (non-hydrogen) atoms. The van der Waals surface area contributed by atoms with Crippen molar-refractivity contribution in [3.05, 3.63) is 42.0 Å². The van der Waals surface area contributed by atoms with Crippen LogP contribution in [0.4, 0.5) is 0 Å². The Balaban J connectivity index is 1.81. The number of carboxylic acid groups (broad SMARTS) is 1. The topological polar surface area (TPSA) is 106 Å². The molecule has 8 nitrogen and oxygen atoms in total. The summed E-state index contributed by atoms with van der Waals surface area (Å²) in [5, 5.41) is 16.2. The average molecular weight is 344 g/mol. The third-order valence-corrected chi connectivity index (χ3v) is 4.46. The van der Waals surface area contributed by atoms with Crippen LogP contribution in [0.5, 0.6) is 0 Å². The van der Waals surface area contributed by atoms with Gasteiger partial charge in [-0.25, -0.2) is 9.67 Å². The fraction of sp³-hybridized carbons (Fsp3) is 0.412. The molecule has 0 radical (unpaired) electrons.